The number of aliphatic hydroxyl groups excluding tert-OH is 1. The van der Waals surface area contributed by atoms with Crippen molar-refractivity contribution in [1.29, 1.82) is 0 Å². The van der Waals surface area contributed by atoms with Crippen LogP contribution in [0.1, 0.15) is 18.4 Å². The average molecular weight is 284 g/mol. The maximum Gasteiger partial charge on any atom is 0.171 e. The van der Waals surface area contributed by atoms with E-state index in [1.165, 1.54) is 0 Å². The largest absolute Gasteiger partial charge is 0.409 e. The first kappa shape index (κ1) is 14.0. The lowest BCUT2D eigenvalue weighted by Gasteiger charge is -2.19. The van der Waals surface area contributed by atoms with Crippen LogP contribution in [0, 0.1) is 5.92 Å². The molecule has 0 bridgehead atoms. The lowest BCUT2D eigenvalue weighted by atomic mass is 10.1. The van der Waals surface area contributed by atoms with E-state index < -0.39 is 0 Å². The quantitative estimate of drug-likeness (QED) is 0.340. The molecule has 4 N–H and O–H groups in total. The number of hydrogen-bond donors (Lipinski definition) is 3. The first-order valence-corrected chi connectivity index (χ1v) is 6.66. The van der Waals surface area contributed by atoms with E-state index in [9.17, 15) is 0 Å². The third-order valence-electron chi connectivity index (χ3n) is 3.52. The summed E-state index contributed by atoms with van der Waals surface area (Å²) >= 11 is 6.14. The predicted octanol–water partition coefficient (Wildman–Crippen LogP) is 1.64. The summed E-state index contributed by atoms with van der Waals surface area (Å²) in [6, 6.07) is 5.50. The number of halogens is 1. The molecule has 0 amide bonds. The smallest absolute Gasteiger partial charge is 0.171 e. The van der Waals surface area contributed by atoms with E-state index in [4.69, 9.17) is 27.6 Å². The summed E-state index contributed by atoms with van der Waals surface area (Å²) in [6.45, 7) is 2.13. The topological polar surface area (TPSA) is 82.1 Å². The molecule has 1 heterocycles. The zero-order valence-corrected chi connectivity index (χ0v) is 11.3. The Morgan fingerprint density at radius 2 is 2.32 bits per heavy atom. The molecule has 104 valence electrons. The second kappa shape index (κ2) is 6.12. The van der Waals surface area contributed by atoms with Gasteiger partial charge in [-0.3, -0.25) is 0 Å². The first-order chi connectivity index (χ1) is 9.15. The van der Waals surface area contributed by atoms with Gasteiger partial charge in [0.15, 0.2) is 5.84 Å². The van der Waals surface area contributed by atoms with Gasteiger partial charge in [0.1, 0.15) is 0 Å². The maximum atomic E-state index is 8.96. The van der Waals surface area contributed by atoms with Gasteiger partial charge in [-0.1, -0.05) is 16.8 Å². The number of hydrogen-bond acceptors (Lipinski definition) is 4. The highest BCUT2D eigenvalue weighted by Crippen LogP contribution is 2.29. The molecular weight excluding hydrogens is 266 g/mol. The molecular formula is C13H18ClN3O2. The van der Waals surface area contributed by atoms with E-state index in [0.29, 0.717) is 16.5 Å². The summed E-state index contributed by atoms with van der Waals surface area (Å²) in [6.07, 6.45) is 1.92. The van der Waals surface area contributed by atoms with Gasteiger partial charge in [0.05, 0.1) is 5.02 Å². The lowest BCUT2D eigenvalue weighted by Crippen LogP contribution is -2.20. The third-order valence-corrected chi connectivity index (χ3v) is 3.84. The minimum Gasteiger partial charge on any atom is -0.409 e. The molecule has 0 aromatic heterocycles. The van der Waals surface area contributed by atoms with Crippen molar-refractivity contribution in [2.24, 2.45) is 16.8 Å². The number of nitrogens with zero attached hydrogens (tertiary/aromatic N) is 2. The van der Waals surface area contributed by atoms with Crippen LogP contribution < -0.4 is 10.6 Å². The van der Waals surface area contributed by atoms with E-state index in [0.717, 1.165) is 31.6 Å². The van der Waals surface area contributed by atoms with Gasteiger partial charge in [0.2, 0.25) is 0 Å². The van der Waals surface area contributed by atoms with Gasteiger partial charge in [0, 0.05) is 30.9 Å². The summed E-state index contributed by atoms with van der Waals surface area (Å²) in [5.74, 6) is 0.545. The third kappa shape index (κ3) is 3.11. The lowest BCUT2D eigenvalue weighted by molar-refractivity contribution is 0.263. The maximum absolute atomic E-state index is 8.96. The Bertz CT molecular complexity index is 479. The minimum absolute atomic E-state index is 0.0103. The summed E-state index contributed by atoms with van der Waals surface area (Å²) in [5.41, 5.74) is 7.09. The fourth-order valence-corrected chi connectivity index (χ4v) is 2.72. The van der Waals surface area contributed by atoms with E-state index in [1.54, 1.807) is 6.07 Å². The van der Waals surface area contributed by atoms with Gasteiger partial charge in [-0.25, -0.2) is 0 Å². The molecule has 19 heavy (non-hydrogen) atoms. The molecule has 1 aromatic carbocycles. The second-order valence-electron chi connectivity index (χ2n) is 4.76. The summed E-state index contributed by atoms with van der Waals surface area (Å²) in [5, 5.41) is 21.0. The van der Waals surface area contributed by atoms with Crippen LogP contribution in [0.2, 0.25) is 5.02 Å². The van der Waals surface area contributed by atoms with Crippen LogP contribution in [-0.4, -0.2) is 35.8 Å². The molecule has 1 saturated heterocycles. The fraction of sp³-hybridized carbons (Fsp3) is 0.462. The molecule has 0 radical (unpaired) electrons. The van der Waals surface area contributed by atoms with Gasteiger partial charge < -0.3 is 20.9 Å². The van der Waals surface area contributed by atoms with Crippen molar-refractivity contribution >= 4 is 23.1 Å². The van der Waals surface area contributed by atoms with Gasteiger partial charge in [0.25, 0.3) is 0 Å². The van der Waals surface area contributed by atoms with Gasteiger partial charge >= 0.3 is 0 Å². The van der Waals surface area contributed by atoms with E-state index >= 15 is 0 Å². The molecule has 0 aliphatic carbocycles. The van der Waals surface area contributed by atoms with Crippen molar-refractivity contribution in [2.75, 3.05) is 24.6 Å². The number of nitrogens with two attached hydrogens (primary N) is 1. The molecule has 1 aliphatic rings. The summed E-state index contributed by atoms with van der Waals surface area (Å²) in [4.78, 5) is 2.24. The fourth-order valence-electron chi connectivity index (χ4n) is 2.45. The van der Waals surface area contributed by atoms with Crippen molar-refractivity contribution in [1.82, 2.24) is 0 Å². The highest BCUT2D eigenvalue weighted by atomic mass is 35.5. The molecule has 1 aliphatic heterocycles. The van der Waals surface area contributed by atoms with Crippen LogP contribution in [0.5, 0.6) is 0 Å². The number of benzene rings is 1. The van der Waals surface area contributed by atoms with Crippen LogP contribution in [-0.2, 0) is 0 Å². The molecule has 5 nitrogen and oxygen atoms in total. The number of aliphatic hydroxyl groups is 1. The standard InChI is InChI=1S/C13H18ClN3O2/c14-12-7-10(1-2-11(12)13(15)16-19)17-5-3-9(8-17)4-6-18/h1-2,7,9,18-19H,3-6,8H2,(H2,15,16). The highest BCUT2D eigenvalue weighted by Gasteiger charge is 2.22. The zero-order valence-electron chi connectivity index (χ0n) is 10.6. The Balaban J connectivity index is 2.13. The minimum atomic E-state index is 0.0103. The number of rotatable bonds is 4. The molecule has 1 atom stereocenters. The van der Waals surface area contributed by atoms with Crippen LogP contribution in [0.4, 0.5) is 5.69 Å². The van der Waals surface area contributed by atoms with Crippen LogP contribution >= 0.6 is 11.6 Å². The predicted molar refractivity (Wildman–Crippen MR) is 76.0 cm³/mol. The zero-order chi connectivity index (χ0) is 13.8. The summed E-state index contributed by atoms with van der Waals surface area (Å²) < 4.78 is 0. The Morgan fingerprint density at radius 3 is 2.95 bits per heavy atom. The molecule has 1 unspecified atom stereocenters. The Morgan fingerprint density at radius 1 is 1.53 bits per heavy atom. The van der Waals surface area contributed by atoms with Crippen molar-refractivity contribution in [3.8, 4) is 0 Å². The van der Waals surface area contributed by atoms with Crippen molar-refractivity contribution < 1.29 is 10.3 Å². The van der Waals surface area contributed by atoms with Crippen molar-refractivity contribution in [3.05, 3.63) is 28.8 Å². The van der Waals surface area contributed by atoms with Gasteiger partial charge in [-0.05, 0) is 37.0 Å². The van der Waals surface area contributed by atoms with Gasteiger partial charge in [-0.15, -0.1) is 0 Å². The molecule has 1 fully saturated rings. The second-order valence-corrected chi connectivity index (χ2v) is 5.17. The molecule has 1 aromatic rings. The number of amidine groups is 1. The molecule has 0 saturated carbocycles. The van der Waals surface area contributed by atoms with E-state index in [1.807, 2.05) is 12.1 Å². The number of anilines is 1. The normalized spacial score (nSPS) is 20.0. The van der Waals surface area contributed by atoms with Gasteiger partial charge in [-0.2, -0.15) is 0 Å². The molecule has 2 rings (SSSR count). The van der Waals surface area contributed by atoms with Crippen LogP contribution in [0.25, 0.3) is 0 Å². The van der Waals surface area contributed by atoms with Crippen molar-refractivity contribution in [2.45, 2.75) is 12.8 Å². The monoisotopic (exact) mass is 283 g/mol. The molecule has 0 spiro atoms. The Hall–Kier alpha value is -1.46. The summed E-state index contributed by atoms with van der Waals surface area (Å²) in [7, 11) is 0. The van der Waals surface area contributed by atoms with Crippen molar-refractivity contribution in [3.63, 3.8) is 0 Å². The number of oxime groups is 1. The molecule has 6 heteroatoms. The van der Waals surface area contributed by atoms with Crippen LogP contribution in [0.15, 0.2) is 23.4 Å². The highest BCUT2D eigenvalue weighted by molar-refractivity contribution is 6.34. The SMILES string of the molecule is N/C(=N/O)c1ccc(N2CCC(CCO)C2)cc1Cl. The van der Waals surface area contributed by atoms with Crippen LogP contribution in [0.3, 0.4) is 0 Å². The average Bonchev–Trinajstić information content (AvgIpc) is 2.87. The van der Waals surface area contributed by atoms with E-state index in [2.05, 4.69) is 10.1 Å². The van der Waals surface area contributed by atoms with E-state index in [-0.39, 0.29) is 12.4 Å². The Kier molecular flexibility index (Phi) is 4.50. The first-order valence-electron chi connectivity index (χ1n) is 6.29. The Labute approximate surface area is 117 Å².